The monoisotopic (exact) mass is 315 g/mol. The standard InChI is InChI=1S/C19H23NO3.H2/c1-4-19(21)20-15-9-11-16(12-10-15)23-18-8-6-5-7-17(13-18)22-14(2)3;/h5-6,8-14H,4,7H2,1-3H3,(H,20,21);1H. The molecule has 2 rings (SSSR count). The lowest BCUT2D eigenvalue weighted by atomic mass is 10.3. The first-order valence-electron chi connectivity index (χ1n) is 7.88. The van der Waals surface area contributed by atoms with Gasteiger partial charge in [-0.1, -0.05) is 19.1 Å². The van der Waals surface area contributed by atoms with Gasteiger partial charge in [-0.25, -0.2) is 0 Å². The molecule has 0 heterocycles. The van der Waals surface area contributed by atoms with Crippen LogP contribution in [-0.4, -0.2) is 12.0 Å². The molecule has 0 saturated carbocycles. The number of hydrogen-bond acceptors (Lipinski definition) is 3. The zero-order chi connectivity index (χ0) is 16.7. The molecule has 4 heteroatoms. The fraction of sp³-hybridized carbons (Fsp3) is 0.316. The normalized spacial score (nSPS) is 13.9. The van der Waals surface area contributed by atoms with Crippen LogP contribution in [0.25, 0.3) is 0 Å². The van der Waals surface area contributed by atoms with E-state index < -0.39 is 0 Å². The summed E-state index contributed by atoms with van der Waals surface area (Å²) in [7, 11) is 0. The lowest BCUT2D eigenvalue weighted by Crippen LogP contribution is -2.09. The second-order valence-corrected chi connectivity index (χ2v) is 5.51. The highest BCUT2D eigenvalue weighted by atomic mass is 16.5. The van der Waals surface area contributed by atoms with E-state index >= 15 is 0 Å². The van der Waals surface area contributed by atoms with Crippen LogP contribution in [0.2, 0.25) is 0 Å². The maximum Gasteiger partial charge on any atom is 0.224 e. The predicted molar refractivity (Wildman–Crippen MR) is 94.2 cm³/mol. The third kappa shape index (κ3) is 5.66. The molecule has 4 nitrogen and oxygen atoms in total. The zero-order valence-corrected chi connectivity index (χ0v) is 13.8. The highest BCUT2D eigenvalue weighted by molar-refractivity contribution is 5.90. The number of amides is 1. The molecule has 1 aliphatic carbocycles. The fourth-order valence-corrected chi connectivity index (χ4v) is 2.05. The van der Waals surface area contributed by atoms with Crippen molar-refractivity contribution in [1.82, 2.24) is 0 Å². The Balaban J connectivity index is 0.00000288. The largest absolute Gasteiger partial charge is 0.495 e. The minimum absolute atomic E-state index is 0. The van der Waals surface area contributed by atoms with Gasteiger partial charge in [-0.2, -0.15) is 0 Å². The SMILES string of the molecule is CCC(=O)Nc1ccc(OC2=CC=CCC(OC(C)C)=C2)cc1.[HH]. The summed E-state index contributed by atoms with van der Waals surface area (Å²) in [6.07, 6.45) is 9.16. The van der Waals surface area contributed by atoms with Gasteiger partial charge in [0.1, 0.15) is 17.3 Å². The van der Waals surface area contributed by atoms with Crippen LogP contribution in [0, 0.1) is 0 Å². The Morgan fingerprint density at radius 3 is 2.70 bits per heavy atom. The van der Waals surface area contributed by atoms with Crippen LogP contribution in [0.3, 0.4) is 0 Å². The molecule has 0 aliphatic heterocycles. The topological polar surface area (TPSA) is 47.6 Å². The van der Waals surface area contributed by atoms with Gasteiger partial charge in [0.15, 0.2) is 0 Å². The molecule has 0 radical (unpaired) electrons. The maximum atomic E-state index is 11.4. The van der Waals surface area contributed by atoms with Gasteiger partial charge in [0, 0.05) is 26.0 Å². The van der Waals surface area contributed by atoms with Gasteiger partial charge in [-0.15, -0.1) is 0 Å². The molecular formula is C19H25NO3. The van der Waals surface area contributed by atoms with Crippen LogP contribution >= 0.6 is 0 Å². The summed E-state index contributed by atoms with van der Waals surface area (Å²) >= 11 is 0. The van der Waals surface area contributed by atoms with Crippen molar-refractivity contribution in [2.75, 3.05) is 5.32 Å². The van der Waals surface area contributed by atoms with E-state index in [-0.39, 0.29) is 13.4 Å². The van der Waals surface area contributed by atoms with Crippen LogP contribution < -0.4 is 10.1 Å². The summed E-state index contributed by atoms with van der Waals surface area (Å²) in [6, 6.07) is 7.31. The van der Waals surface area contributed by atoms with Crippen LogP contribution in [0.5, 0.6) is 5.75 Å². The van der Waals surface area contributed by atoms with E-state index in [1.54, 1.807) is 0 Å². The van der Waals surface area contributed by atoms with Crippen molar-refractivity contribution < 1.29 is 15.7 Å². The molecule has 23 heavy (non-hydrogen) atoms. The number of rotatable bonds is 6. The number of anilines is 1. The third-order valence-corrected chi connectivity index (χ3v) is 3.10. The second-order valence-electron chi connectivity index (χ2n) is 5.51. The Kier molecular flexibility index (Phi) is 6.03. The summed E-state index contributed by atoms with van der Waals surface area (Å²) in [5.41, 5.74) is 0.762. The molecule has 124 valence electrons. The summed E-state index contributed by atoms with van der Waals surface area (Å²) in [5, 5.41) is 2.81. The summed E-state index contributed by atoms with van der Waals surface area (Å²) in [5.74, 6) is 2.31. The molecule has 1 amide bonds. The first-order chi connectivity index (χ1) is 11.1. The van der Waals surface area contributed by atoms with Crippen molar-refractivity contribution in [3.63, 3.8) is 0 Å². The summed E-state index contributed by atoms with van der Waals surface area (Å²) in [6.45, 7) is 5.83. The summed E-state index contributed by atoms with van der Waals surface area (Å²) < 4.78 is 11.6. The molecule has 0 aromatic heterocycles. The van der Waals surface area contributed by atoms with Gasteiger partial charge in [0.25, 0.3) is 0 Å². The van der Waals surface area contributed by atoms with Gasteiger partial charge in [-0.3, -0.25) is 4.79 Å². The molecule has 0 spiro atoms. The van der Waals surface area contributed by atoms with Crippen LogP contribution in [-0.2, 0) is 9.53 Å². The molecule has 1 N–H and O–H groups in total. The lowest BCUT2D eigenvalue weighted by Gasteiger charge is -2.13. The Bertz CT molecular complexity index is 631. The molecule has 1 aromatic rings. The number of hydrogen-bond donors (Lipinski definition) is 1. The van der Waals surface area contributed by atoms with Gasteiger partial charge in [0.05, 0.1) is 6.10 Å². The molecule has 0 unspecified atom stereocenters. The average Bonchev–Trinajstić information content (AvgIpc) is 2.73. The predicted octanol–water partition coefficient (Wildman–Crippen LogP) is 4.81. The van der Waals surface area contributed by atoms with Crippen LogP contribution in [0.15, 0.2) is 60.1 Å². The number of ether oxygens (including phenoxy) is 2. The van der Waals surface area contributed by atoms with Gasteiger partial charge in [-0.05, 0) is 44.2 Å². The number of allylic oxidation sites excluding steroid dienone is 4. The summed E-state index contributed by atoms with van der Waals surface area (Å²) in [4.78, 5) is 11.4. The first-order valence-corrected chi connectivity index (χ1v) is 7.88. The van der Waals surface area contributed by atoms with E-state index in [0.29, 0.717) is 12.2 Å². The molecule has 1 aromatic carbocycles. The zero-order valence-electron chi connectivity index (χ0n) is 13.8. The van der Waals surface area contributed by atoms with Gasteiger partial charge >= 0.3 is 0 Å². The van der Waals surface area contributed by atoms with E-state index in [0.717, 1.165) is 23.6 Å². The van der Waals surface area contributed by atoms with Crippen molar-refractivity contribution >= 4 is 11.6 Å². The Morgan fingerprint density at radius 1 is 1.30 bits per heavy atom. The van der Waals surface area contributed by atoms with Crippen molar-refractivity contribution in [1.29, 1.82) is 0 Å². The Hall–Kier alpha value is -2.49. The highest BCUT2D eigenvalue weighted by Crippen LogP contribution is 2.21. The molecule has 0 bridgehead atoms. The van der Waals surface area contributed by atoms with Crippen molar-refractivity contribution in [2.45, 2.75) is 39.7 Å². The third-order valence-electron chi connectivity index (χ3n) is 3.10. The van der Waals surface area contributed by atoms with Crippen molar-refractivity contribution in [3.05, 3.63) is 60.1 Å². The Morgan fingerprint density at radius 2 is 2.04 bits per heavy atom. The number of benzene rings is 1. The number of nitrogens with one attached hydrogen (secondary N) is 1. The minimum atomic E-state index is -0.00584. The fourth-order valence-electron chi connectivity index (χ4n) is 2.05. The van der Waals surface area contributed by atoms with Gasteiger partial charge in [0.2, 0.25) is 5.91 Å². The van der Waals surface area contributed by atoms with Crippen molar-refractivity contribution in [3.8, 4) is 5.75 Å². The quantitative estimate of drug-likeness (QED) is 0.819. The van der Waals surface area contributed by atoms with Crippen LogP contribution in [0.1, 0.15) is 35.0 Å². The lowest BCUT2D eigenvalue weighted by molar-refractivity contribution is -0.115. The van der Waals surface area contributed by atoms with E-state index in [1.165, 1.54) is 0 Å². The van der Waals surface area contributed by atoms with E-state index in [2.05, 4.69) is 5.32 Å². The number of carbonyl (C=O) groups is 1. The number of carbonyl (C=O) groups excluding carboxylic acids is 1. The average molecular weight is 315 g/mol. The van der Waals surface area contributed by atoms with E-state index in [4.69, 9.17) is 9.47 Å². The highest BCUT2D eigenvalue weighted by Gasteiger charge is 2.07. The first kappa shape index (κ1) is 16.9. The molecule has 0 saturated heterocycles. The van der Waals surface area contributed by atoms with E-state index in [9.17, 15) is 4.79 Å². The van der Waals surface area contributed by atoms with Crippen LogP contribution in [0.4, 0.5) is 5.69 Å². The molecule has 0 atom stereocenters. The second kappa shape index (κ2) is 8.22. The van der Waals surface area contributed by atoms with E-state index in [1.807, 2.05) is 69.3 Å². The molecular weight excluding hydrogens is 290 g/mol. The smallest absolute Gasteiger partial charge is 0.224 e. The molecule has 0 fully saturated rings. The maximum absolute atomic E-state index is 11.4. The molecule has 1 aliphatic rings. The van der Waals surface area contributed by atoms with Gasteiger partial charge < -0.3 is 14.8 Å². The Labute approximate surface area is 139 Å². The minimum Gasteiger partial charge on any atom is -0.495 e. The van der Waals surface area contributed by atoms with Crippen molar-refractivity contribution in [2.24, 2.45) is 0 Å².